The first-order valence-corrected chi connectivity index (χ1v) is 9.01. The number of ether oxygens (including phenoxy) is 4. The van der Waals surface area contributed by atoms with Crippen LogP contribution in [0.1, 0.15) is 11.1 Å². The van der Waals surface area contributed by atoms with Gasteiger partial charge in [-0.25, -0.2) is 9.59 Å². The molecule has 2 aliphatic heterocycles. The minimum atomic E-state index is -1.35. The predicted octanol–water partition coefficient (Wildman–Crippen LogP) is 2.79. The maximum Gasteiger partial charge on any atom is 0.343 e. The monoisotopic (exact) mass is 410 g/mol. The molecule has 2 aromatic rings. The molecule has 0 bridgehead atoms. The van der Waals surface area contributed by atoms with E-state index in [-0.39, 0.29) is 11.1 Å². The van der Waals surface area contributed by atoms with Gasteiger partial charge in [-0.1, -0.05) is 24.3 Å². The molecule has 0 amide bonds. The molecule has 154 valence electrons. The molecule has 0 saturated heterocycles. The quantitative estimate of drug-likeness (QED) is 0.724. The van der Waals surface area contributed by atoms with Crippen LogP contribution in [-0.4, -0.2) is 48.6 Å². The Balaban J connectivity index is 1.67. The zero-order valence-electron chi connectivity index (χ0n) is 16.1. The number of benzene rings is 2. The Morgan fingerprint density at radius 3 is 1.30 bits per heavy atom. The summed E-state index contributed by atoms with van der Waals surface area (Å²) < 4.78 is 20.6. The topological polar surface area (TPSA) is 112 Å². The van der Waals surface area contributed by atoms with E-state index in [0.29, 0.717) is 22.6 Å². The standard InChI is InChI=1S/C22H18O8/c1-27-13-7-3-11(4-8-13)15-17(23)19(29-21(15)25)20-18(24)16(22(26)30-20)12-5-9-14(28-2)10-6-12/h3-10,19-20,23-24H,1-2H3/t19-,20-/m0/s1. The lowest BCUT2D eigenvalue weighted by atomic mass is 10.00. The second kappa shape index (κ2) is 7.47. The van der Waals surface area contributed by atoms with Gasteiger partial charge in [0.2, 0.25) is 12.2 Å². The molecule has 2 N–H and O–H groups in total. The van der Waals surface area contributed by atoms with Crippen molar-refractivity contribution < 1.29 is 38.7 Å². The molecule has 2 aliphatic rings. The van der Waals surface area contributed by atoms with Crippen LogP contribution in [0.5, 0.6) is 11.5 Å². The van der Waals surface area contributed by atoms with E-state index in [4.69, 9.17) is 18.9 Å². The summed E-state index contributed by atoms with van der Waals surface area (Å²) in [6.07, 6.45) is -2.70. The number of carbonyl (C=O) groups excluding carboxylic acids is 2. The number of aliphatic hydroxyl groups is 2. The van der Waals surface area contributed by atoms with E-state index in [1.807, 2.05) is 0 Å². The number of carbonyl (C=O) groups is 2. The van der Waals surface area contributed by atoms with Crippen molar-refractivity contribution >= 4 is 23.1 Å². The normalized spacial score (nSPS) is 21.0. The third kappa shape index (κ3) is 3.12. The van der Waals surface area contributed by atoms with Crippen LogP contribution < -0.4 is 9.47 Å². The van der Waals surface area contributed by atoms with Crippen molar-refractivity contribution in [3.05, 3.63) is 71.2 Å². The van der Waals surface area contributed by atoms with Crippen LogP contribution in [0, 0.1) is 0 Å². The zero-order chi connectivity index (χ0) is 21.4. The van der Waals surface area contributed by atoms with Gasteiger partial charge in [-0.15, -0.1) is 0 Å². The Labute approximate surface area is 171 Å². The molecular weight excluding hydrogens is 392 g/mol. The molecule has 4 rings (SSSR count). The van der Waals surface area contributed by atoms with Gasteiger partial charge in [0.25, 0.3) is 0 Å². The lowest BCUT2D eigenvalue weighted by Crippen LogP contribution is -2.31. The SMILES string of the molecule is COc1ccc(C2=C(O)[C@@H]([C@H]3OC(=O)C(c4ccc(OC)cc4)=C3O)OC2=O)cc1. The fraction of sp³-hybridized carbons (Fsp3) is 0.182. The first-order chi connectivity index (χ1) is 14.4. The lowest BCUT2D eigenvalue weighted by Gasteiger charge is -2.17. The van der Waals surface area contributed by atoms with Gasteiger partial charge in [-0.05, 0) is 35.4 Å². The predicted molar refractivity (Wildman–Crippen MR) is 105 cm³/mol. The van der Waals surface area contributed by atoms with E-state index in [1.54, 1.807) is 48.5 Å². The van der Waals surface area contributed by atoms with E-state index in [9.17, 15) is 19.8 Å². The fourth-order valence-corrected chi connectivity index (χ4v) is 3.41. The molecule has 8 nitrogen and oxygen atoms in total. The molecule has 2 aromatic carbocycles. The Bertz CT molecular complexity index is 976. The Kier molecular flexibility index (Phi) is 4.83. The molecule has 0 radical (unpaired) electrons. The highest BCUT2D eigenvalue weighted by Crippen LogP contribution is 2.38. The number of hydrogen-bond acceptors (Lipinski definition) is 8. The summed E-state index contributed by atoms with van der Waals surface area (Å²) in [5.41, 5.74) is 0.682. The third-order valence-corrected chi connectivity index (χ3v) is 4.96. The summed E-state index contributed by atoms with van der Waals surface area (Å²) in [6.45, 7) is 0. The zero-order valence-corrected chi connectivity index (χ0v) is 16.1. The Morgan fingerprint density at radius 1 is 0.667 bits per heavy atom. The number of rotatable bonds is 5. The van der Waals surface area contributed by atoms with Gasteiger partial charge in [-0.3, -0.25) is 0 Å². The van der Waals surface area contributed by atoms with Crippen LogP contribution in [0.4, 0.5) is 0 Å². The molecule has 0 spiro atoms. The van der Waals surface area contributed by atoms with Crippen molar-refractivity contribution in [2.75, 3.05) is 14.2 Å². The maximum atomic E-state index is 12.4. The summed E-state index contributed by atoms with van der Waals surface area (Å²) in [6, 6.07) is 12.9. The number of hydrogen-bond donors (Lipinski definition) is 2. The first kappa shape index (κ1) is 19.4. The summed E-state index contributed by atoms with van der Waals surface area (Å²) in [5, 5.41) is 21.3. The fourth-order valence-electron chi connectivity index (χ4n) is 3.41. The largest absolute Gasteiger partial charge is 0.507 e. The van der Waals surface area contributed by atoms with Crippen molar-refractivity contribution in [1.29, 1.82) is 0 Å². The Morgan fingerprint density at radius 2 is 1.00 bits per heavy atom. The second-order valence-electron chi connectivity index (χ2n) is 6.63. The van der Waals surface area contributed by atoms with Gasteiger partial charge >= 0.3 is 11.9 Å². The maximum absolute atomic E-state index is 12.4. The van der Waals surface area contributed by atoms with Gasteiger partial charge < -0.3 is 29.2 Å². The smallest absolute Gasteiger partial charge is 0.343 e. The van der Waals surface area contributed by atoms with Crippen LogP contribution in [0.2, 0.25) is 0 Å². The molecule has 0 aliphatic carbocycles. The van der Waals surface area contributed by atoms with Crippen LogP contribution in [0.25, 0.3) is 11.1 Å². The molecule has 0 saturated carbocycles. The van der Waals surface area contributed by atoms with E-state index in [0.717, 1.165) is 0 Å². The van der Waals surface area contributed by atoms with Crippen molar-refractivity contribution in [1.82, 2.24) is 0 Å². The Hall–Kier alpha value is -3.94. The molecule has 0 unspecified atom stereocenters. The first-order valence-electron chi connectivity index (χ1n) is 9.01. The highest BCUT2D eigenvalue weighted by molar-refractivity contribution is 6.21. The van der Waals surface area contributed by atoms with Gasteiger partial charge in [0.1, 0.15) is 22.6 Å². The summed E-state index contributed by atoms with van der Waals surface area (Å²) in [5.74, 6) is -1.27. The minimum Gasteiger partial charge on any atom is -0.507 e. The summed E-state index contributed by atoms with van der Waals surface area (Å²) in [7, 11) is 3.02. The lowest BCUT2D eigenvalue weighted by molar-refractivity contribution is -0.152. The van der Waals surface area contributed by atoms with Crippen LogP contribution in [-0.2, 0) is 19.1 Å². The number of esters is 2. The third-order valence-electron chi connectivity index (χ3n) is 4.96. The van der Waals surface area contributed by atoms with E-state index < -0.39 is 35.7 Å². The highest BCUT2D eigenvalue weighted by atomic mass is 16.6. The number of cyclic esters (lactones) is 2. The van der Waals surface area contributed by atoms with Crippen LogP contribution in [0.3, 0.4) is 0 Å². The minimum absolute atomic E-state index is 0.0654. The van der Waals surface area contributed by atoms with E-state index in [2.05, 4.69) is 0 Å². The molecule has 0 fully saturated rings. The number of methoxy groups -OCH3 is 2. The van der Waals surface area contributed by atoms with Gasteiger partial charge in [-0.2, -0.15) is 0 Å². The average molecular weight is 410 g/mol. The second-order valence-corrected chi connectivity index (χ2v) is 6.63. The molecule has 2 heterocycles. The summed E-state index contributed by atoms with van der Waals surface area (Å²) >= 11 is 0. The van der Waals surface area contributed by atoms with Gasteiger partial charge in [0.15, 0.2) is 11.5 Å². The highest BCUT2D eigenvalue weighted by Gasteiger charge is 2.48. The van der Waals surface area contributed by atoms with E-state index >= 15 is 0 Å². The summed E-state index contributed by atoms with van der Waals surface area (Å²) in [4.78, 5) is 24.8. The molecule has 8 heteroatoms. The van der Waals surface area contributed by atoms with Gasteiger partial charge in [0.05, 0.1) is 14.2 Å². The van der Waals surface area contributed by atoms with Crippen molar-refractivity contribution in [2.45, 2.75) is 12.2 Å². The van der Waals surface area contributed by atoms with Crippen LogP contribution in [0.15, 0.2) is 60.0 Å². The average Bonchev–Trinajstić information content (AvgIpc) is 3.22. The molecular formula is C22H18O8. The van der Waals surface area contributed by atoms with Crippen LogP contribution >= 0.6 is 0 Å². The van der Waals surface area contributed by atoms with Gasteiger partial charge in [0, 0.05) is 0 Å². The van der Waals surface area contributed by atoms with Crippen molar-refractivity contribution in [2.24, 2.45) is 0 Å². The molecule has 0 aromatic heterocycles. The van der Waals surface area contributed by atoms with Crippen molar-refractivity contribution in [3.8, 4) is 11.5 Å². The van der Waals surface area contributed by atoms with E-state index in [1.165, 1.54) is 14.2 Å². The number of aliphatic hydroxyl groups excluding tert-OH is 2. The molecule has 30 heavy (non-hydrogen) atoms. The van der Waals surface area contributed by atoms with Crippen molar-refractivity contribution in [3.63, 3.8) is 0 Å². The molecule has 2 atom stereocenters.